The molecule has 0 fully saturated rings. The molecule has 0 radical (unpaired) electrons. The highest BCUT2D eigenvalue weighted by Crippen LogP contribution is 2.27. The number of rotatable bonds is 3. The van der Waals surface area contributed by atoms with E-state index in [1.165, 1.54) is 11.3 Å². The fraction of sp³-hybridized carbons (Fsp3) is 0.0833. The molecule has 6 heteroatoms. The van der Waals surface area contributed by atoms with Gasteiger partial charge < -0.3 is 5.73 Å². The molecule has 3 aromatic rings. The molecule has 2 N–H and O–H groups in total. The Balaban J connectivity index is 1.89. The highest BCUT2D eigenvalue weighted by molar-refractivity contribution is 8.00. The highest BCUT2D eigenvalue weighted by atomic mass is 32.2. The van der Waals surface area contributed by atoms with Gasteiger partial charge in [-0.15, -0.1) is 10.2 Å². The average Bonchev–Trinajstić information content (AvgIpc) is 2.89. The predicted octanol–water partition coefficient (Wildman–Crippen LogP) is 2.96. The summed E-state index contributed by atoms with van der Waals surface area (Å²) < 4.78 is 0.947. The maximum absolute atomic E-state index is 5.97. The number of nitrogens with two attached hydrogens (primary N) is 1. The van der Waals surface area contributed by atoms with Gasteiger partial charge in [-0.25, -0.2) is 4.98 Å². The zero-order valence-electron chi connectivity index (χ0n) is 9.41. The Kier molecular flexibility index (Phi) is 3.12. The number of benzene rings is 1. The number of aromatic nitrogens is 3. The Morgan fingerprint density at radius 1 is 1.28 bits per heavy atom. The first-order valence-electron chi connectivity index (χ1n) is 5.36. The quantitative estimate of drug-likeness (QED) is 0.744. The Hall–Kier alpha value is -1.66. The summed E-state index contributed by atoms with van der Waals surface area (Å²) in [7, 11) is 0. The van der Waals surface area contributed by atoms with Gasteiger partial charge in [-0.1, -0.05) is 41.3 Å². The second-order valence-electron chi connectivity index (χ2n) is 3.72. The van der Waals surface area contributed by atoms with Crippen LogP contribution in [0.1, 0.15) is 5.56 Å². The van der Waals surface area contributed by atoms with Gasteiger partial charge in [-0.3, -0.25) is 0 Å². The Labute approximate surface area is 112 Å². The minimum atomic E-state index is 0.589. The summed E-state index contributed by atoms with van der Waals surface area (Å²) in [6, 6.07) is 10.1. The number of nitrogens with zero attached hydrogens (tertiary/aromatic N) is 3. The minimum absolute atomic E-state index is 0.589. The van der Waals surface area contributed by atoms with Crippen LogP contribution < -0.4 is 5.73 Å². The molecule has 18 heavy (non-hydrogen) atoms. The molecular weight excluding hydrogens is 264 g/mol. The minimum Gasteiger partial charge on any atom is -0.383 e. The number of hydrogen-bond donors (Lipinski definition) is 1. The van der Waals surface area contributed by atoms with E-state index in [4.69, 9.17) is 5.73 Å². The van der Waals surface area contributed by atoms with Gasteiger partial charge in [0.05, 0.1) is 5.52 Å². The van der Waals surface area contributed by atoms with E-state index in [0.717, 1.165) is 26.6 Å². The summed E-state index contributed by atoms with van der Waals surface area (Å²) in [6.45, 7) is 0. The van der Waals surface area contributed by atoms with Crippen LogP contribution in [0.15, 0.2) is 40.2 Å². The van der Waals surface area contributed by atoms with Crippen molar-refractivity contribution in [3.8, 4) is 0 Å². The van der Waals surface area contributed by atoms with E-state index in [2.05, 4.69) is 21.2 Å². The van der Waals surface area contributed by atoms with Crippen molar-refractivity contribution in [2.24, 2.45) is 0 Å². The molecule has 0 spiro atoms. The Bertz CT molecular complexity index is 667. The zero-order chi connectivity index (χ0) is 12.4. The van der Waals surface area contributed by atoms with Crippen molar-refractivity contribution in [1.29, 1.82) is 0 Å². The molecule has 1 aromatic carbocycles. The molecule has 0 aliphatic carbocycles. The molecule has 4 nitrogen and oxygen atoms in total. The molecule has 90 valence electrons. The number of hydrogen-bond acceptors (Lipinski definition) is 6. The number of fused-ring (bicyclic) bond motifs is 1. The van der Waals surface area contributed by atoms with Crippen molar-refractivity contribution >= 4 is 39.8 Å². The van der Waals surface area contributed by atoms with E-state index in [9.17, 15) is 0 Å². The van der Waals surface area contributed by atoms with Crippen LogP contribution in [0, 0.1) is 0 Å². The third kappa shape index (κ3) is 2.30. The van der Waals surface area contributed by atoms with Gasteiger partial charge in [0.1, 0.15) is 11.3 Å². The first-order valence-corrected chi connectivity index (χ1v) is 7.22. The molecule has 0 saturated carbocycles. The summed E-state index contributed by atoms with van der Waals surface area (Å²) in [6.07, 6.45) is 0. The lowest BCUT2D eigenvalue weighted by Crippen LogP contribution is -1.97. The molecule has 0 saturated heterocycles. The van der Waals surface area contributed by atoms with E-state index in [1.807, 2.05) is 24.3 Å². The number of para-hydroxylation sites is 1. The van der Waals surface area contributed by atoms with Crippen molar-refractivity contribution in [2.75, 3.05) is 5.73 Å². The lowest BCUT2D eigenvalue weighted by Gasteiger charge is -2.05. The maximum atomic E-state index is 5.97. The van der Waals surface area contributed by atoms with Gasteiger partial charge in [-0.05, 0) is 12.1 Å². The van der Waals surface area contributed by atoms with Crippen LogP contribution in [0.2, 0.25) is 0 Å². The largest absolute Gasteiger partial charge is 0.383 e. The van der Waals surface area contributed by atoms with E-state index >= 15 is 0 Å². The first kappa shape index (κ1) is 11.4. The lowest BCUT2D eigenvalue weighted by molar-refractivity contribution is 1.01. The monoisotopic (exact) mass is 274 g/mol. The molecule has 0 atom stereocenters. The molecule has 2 aromatic heterocycles. The summed E-state index contributed by atoms with van der Waals surface area (Å²) in [5.41, 5.74) is 9.66. The third-order valence-corrected chi connectivity index (χ3v) is 4.44. The van der Waals surface area contributed by atoms with Gasteiger partial charge in [0.15, 0.2) is 4.34 Å². The normalized spacial score (nSPS) is 10.9. The van der Waals surface area contributed by atoms with Crippen molar-refractivity contribution < 1.29 is 0 Å². The van der Waals surface area contributed by atoms with E-state index in [1.54, 1.807) is 17.3 Å². The molecule has 2 heterocycles. The SMILES string of the molecule is Nc1nc2ccccc2cc1CSc1nncs1. The van der Waals surface area contributed by atoms with Gasteiger partial charge in [0.25, 0.3) is 0 Å². The molecule has 0 aliphatic rings. The summed E-state index contributed by atoms with van der Waals surface area (Å²) in [4.78, 5) is 4.41. The standard InChI is InChI=1S/C12H10N4S2/c13-11-9(6-17-12-16-14-7-18-12)5-8-3-1-2-4-10(8)15-11/h1-5,7H,6H2,(H2,13,15). The van der Waals surface area contributed by atoms with Crippen molar-refractivity contribution in [2.45, 2.75) is 10.1 Å². The molecule has 0 aliphatic heterocycles. The third-order valence-electron chi connectivity index (χ3n) is 2.53. The summed E-state index contributed by atoms with van der Waals surface area (Å²) >= 11 is 3.16. The molecule has 0 unspecified atom stereocenters. The van der Waals surface area contributed by atoms with Gasteiger partial charge in [0.2, 0.25) is 0 Å². The van der Waals surface area contributed by atoms with Crippen molar-refractivity contribution in [3.05, 3.63) is 41.4 Å². The number of pyridine rings is 1. The summed E-state index contributed by atoms with van der Waals surface area (Å²) in [5.74, 6) is 1.35. The number of nitrogen functional groups attached to an aromatic ring is 1. The lowest BCUT2D eigenvalue weighted by atomic mass is 10.1. The second-order valence-corrected chi connectivity index (χ2v) is 5.77. The number of anilines is 1. The van der Waals surface area contributed by atoms with Crippen LogP contribution in [0.5, 0.6) is 0 Å². The van der Waals surface area contributed by atoms with Gasteiger partial charge >= 0.3 is 0 Å². The Morgan fingerprint density at radius 3 is 3.00 bits per heavy atom. The van der Waals surface area contributed by atoms with E-state index in [-0.39, 0.29) is 0 Å². The Morgan fingerprint density at radius 2 is 2.17 bits per heavy atom. The van der Waals surface area contributed by atoms with Gasteiger partial charge in [0, 0.05) is 16.7 Å². The molecule has 0 bridgehead atoms. The number of thioether (sulfide) groups is 1. The molecular formula is C12H10N4S2. The van der Waals surface area contributed by atoms with Crippen LogP contribution in [0.4, 0.5) is 5.82 Å². The smallest absolute Gasteiger partial charge is 0.174 e. The van der Waals surface area contributed by atoms with Crippen molar-refractivity contribution in [1.82, 2.24) is 15.2 Å². The highest BCUT2D eigenvalue weighted by Gasteiger charge is 2.06. The second kappa shape index (κ2) is 4.91. The van der Waals surface area contributed by atoms with Crippen molar-refractivity contribution in [3.63, 3.8) is 0 Å². The van der Waals surface area contributed by atoms with Crippen LogP contribution in [-0.2, 0) is 5.75 Å². The van der Waals surface area contributed by atoms with E-state index < -0.39 is 0 Å². The zero-order valence-corrected chi connectivity index (χ0v) is 11.0. The average molecular weight is 274 g/mol. The van der Waals surface area contributed by atoms with Crippen LogP contribution in [0.25, 0.3) is 10.9 Å². The van der Waals surface area contributed by atoms with Crippen LogP contribution in [0.3, 0.4) is 0 Å². The van der Waals surface area contributed by atoms with Crippen LogP contribution >= 0.6 is 23.1 Å². The fourth-order valence-electron chi connectivity index (χ4n) is 1.66. The molecule has 0 amide bonds. The predicted molar refractivity (Wildman–Crippen MR) is 75.6 cm³/mol. The van der Waals surface area contributed by atoms with Gasteiger partial charge in [-0.2, -0.15) is 0 Å². The first-order chi connectivity index (χ1) is 8.83. The van der Waals surface area contributed by atoms with Crippen LogP contribution in [-0.4, -0.2) is 15.2 Å². The fourth-order valence-corrected chi connectivity index (χ4v) is 3.13. The van der Waals surface area contributed by atoms with E-state index in [0.29, 0.717) is 5.82 Å². The topological polar surface area (TPSA) is 64.7 Å². The maximum Gasteiger partial charge on any atom is 0.174 e. The summed E-state index contributed by atoms with van der Waals surface area (Å²) in [5, 5.41) is 8.91. The molecule has 3 rings (SSSR count).